The van der Waals surface area contributed by atoms with Gasteiger partial charge in [-0.25, -0.2) is 0 Å². The van der Waals surface area contributed by atoms with Crippen LogP contribution in [0.4, 0.5) is 0 Å². The van der Waals surface area contributed by atoms with Crippen molar-refractivity contribution >= 4 is 5.71 Å². The van der Waals surface area contributed by atoms with Crippen LogP contribution in [-0.2, 0) is 13.0 Å². The van der Waals surface area contributed by atoms with E-state index in [9.17, 15) is 0 Å². The van der Waals surface area contributed by atoms with Crippen LogP contribution in [0.2, 0.25) is 0 Å². The molecule has 0 aliphatic carbocycles. The second kappa shape index (κ2) is 4.45. The third kappa shape index (κ3) is 1.78. The summed E-state index contributed by atoms with van der Waals surface area (Å²) in [4.78, 5) is 0. The van der Waals surface area contributed by atoms with Crippen molar-refractivity contribution in [2.24, 2.45) is 0 Å². The van der Waals surface area contributed by atoms with E-state index in [1.807, 2.05) is 30.3 Å². The smallest absolute Gasteiger partial charge is 0.0702 e. The normalized spacial score (nSPS) is 14.3. The van der Waals surface area contributed by atoms with Gasteiger partial charge in [-0.2, -0.15) is 0 Å². The fourth-order valence-corrected chi connectivity index (χ4v) is 2.85. The molecule has 0 saturated heterocycles. The molecule has 3 rings (SSSR count). The fraction of sp³-hybridized carbons (Fsp3) is 0.312. The molecular formula is C16H18N2. The molecule has 0 fully saturated rings. The number of aryl methyl sites for hydroxylation is 1. The van der Waals surface area contributed by atoms with E-state index in [1.54, 1.807) is 0 Å². The largest absolute Gasteiger partial charge is 0.348 e. The van der Waals surface area contributed by atoms with Crippen molar-refractivity contribution in [1.82, 2.24) is 4.57 Å². The number of benzene rings is 1. The highest BCUT2D eigenvalue weighted by atomic mass is 15.0. The molecule has 18 heavy (non-hydrogen) atoms. The molecule has 2 heterocycles. The first-order chi connectivity index (χ1) is 8.77. The van der Waals surface area contributed by atoms with E-state index in [4.69, 9.17) is 5.41 Å². The van der Waals surface area contributed by atoms with Crippen LogP contribution in [0.3, 0.4) is 0 Å². The van der Waals surface area contributed by atoms with Crippen LogP contribution in [0.15, 0.2) is 36.4 Å². The highest BCUT2D eigenvalue weighted by Crippen LogP contribution is 2.25. The molecule has 2 heteroatoms. The molecule has 0 bridgehead atoms. The Labute approximate surface area is 108 Å². The first-order valence-corrected chi connectivity index (χ1v) is 6.61. The Kier molecular flexibility index (Phi) is 2.78. The molecule has 2 aromatic rings. The van der Waals surface area contributed by atoms with Gasteiger partial charge >= 0.3 is 0 Å². The van der Waals surface area contributed by atoms with E-state index >= 15 is 0 Å². The lowest BCUT2D eigenvalue weighted by Gasteiger charge is -2.18. The second-order valence-corrected chi connectivity index (χ2v) is 5.00. The summed E-state index contributed by atoms with van der Waals surface area (Å²) in [6.45, 7) is 3.26. The molecule has 0 amide bonds. The lowest BCUT2D eigenvalue weighted by molar-refractivity contribution is 0.524. The molecule has 1 aliphatic heterocycles. The lowest BCUT2D eigenvalue weighted by Crippen LogP contribution is -2.14. The van der Waals surface area contributed by atoms with Crippen LogP contribution in [-0.4, -0.2) is 10.3 Å². The third-order valence-electron chi connectivity index (χ3n) is 3.79. The Morgan fingerprint density at radius 1 is 1.17 bits per heavy atom. The highest BCUT2D eigenvalue weighted by molar-refractivity contribution is 6.11. The second-order valence-electron chi connectivity index (χ2n) is 5.00. The molecule has 2 nitrogen and oxygen atoms in total. The molecule has 0 unspecified atom stereocenters. The first kappa shape index (κ1) is 11.3. The summed E-state index contributed by atoms with van der Waals surface area (Å²) in [5.74, 6) is 0. The zero-order valence-corrected chi connectivity index (χ0v) is 10.7. The maximum atomic E-state index is 8.41. The minimum atomic E-state index is 0.661. The minimum Gasteiger partial charge on any atom is -0.348 e. The monoisotopic (exact) mass is 238 g/mol. The average Bonchev–Trinajstić information content (AvgIpc) is 2.77. The van der Waals surface area contributed by atoms with Crippen molar-refractivity contribution in [2.75, 3.05) is 0 Å². The van der Waals surface area contributed by atoms with Crippen LogP contribution < -0.4 is 0 Å². The Morgan fingerprint density at radius 3 is 2.72 bits per heavy atom. The predicted octanol–water partition coefficient (Wildman–Crippen LogP) is 3.55. The van der Waals surface area contributed by atoms with Gasteiger partial charge < -0.3 is 4.57 Å². The standard InChI is InChI=1S/C16H18N2/c1-12-11-14(15-9-5-6-10-18(12)15)16(17)13-7-3-2-4-8-13/h2-4,7-8,11,17H,5-6,9-10H2,1H3. The Bertz CT molecular complexity index is 579. The summed E-state index contributed by atoms with van der Waals surface area (Å²) >= 11 is 0. The van der Waals surface area contributed by atoms with Crippen molar-refractivity contribution in [1.29, 1.82) is 5.41 Å². The van der Waals surface area contributed by atoms with Crippen molar-refractivity contribution in [3.05, 3.63) is 58.9 Å². The number of aromatic nitrogens is 1. The number of hydrogen-bond acceptors (Lipinski definition) is 1. The van der Waals surface area contributed by atoms with Gasteiger partial charge in [0.25, 0.3) is 0 Å². The van der Waals surface area contributed by atoms with E-state index in [2.05, 4.69) is 17.6 Å². The van der Waals surface area contributed by atoms with Gasteiger partial charge in [-0.1, -0.05) is 30.3 Å². The third-order valence-corrected chi connectivity index (χ3v) is 3.79. The molecule has 0 radical (unpaired) electrons. The molecule has 0 atom stereocenters. The fourth-order valence-electron chi connectivity index (χ4n) is 2.85. The van der Waals surface area contributed by atoms with Gasteiger partial charge in [-0.15, -0.1) is 0 Å². The molecule has 1 aliphatic rings. The van der Waals surface area contributed by atoms with Crippen molar-refractivity contribution in [3.8, 4) is 0 Å². The van der Waals surface area contributed by atoms with Gasteiger partial charge in [0.2, 0.25) is 0 Å². The average molecular weight is 238 g/mol. The number of nitrogens with one attached hydrogen (secondary N) is 1. The molecule has 0 saturated carbocycles. The van der Waals surface area contributed by atoms with Crippen LogP contribution in [0.5, 0.6) is 0 Å². The van der Waals surface area contributed by atoms with Gasteiger partial charge in [0.1, 0.15) is 0 Å². The zero-order valence-electron chi connectivity index (χ0n) is 10.7. The summed E-state index contributed by atoms with van der Waals surface area (Å²) < 4.78 is 2.39. The van der Waals surface area contributed by atoms with E-state index in [1.165, 1.54) is 24.2 Å². The Hall–Kier alpha value is -1.83. The summed E-state index contributed by atoms with van der Waals surface area (Å²) in [5.41, 5.74) is 5.44. The van der Waals surface area contributed by atoms with Gasteiger partial charge in [0.15, 0.2) is 0 Å². The van der Waals surface area contributed by atoms with E-state index in [-0.39, 0.29) is 0 Å². The van der Waals surface area contributed by atoms with Gasteiger partial charge in [-0.05, 0) is 32.3 Å². The lowest BCUT2D eigenvalue weighted by atomic mass is 9.99. The number of hydrogen-bond donors (Lipinski definition) is 1. The molecule has 92 valence electrons. The topological polar surface area (TPSA) is 28.8 Å². The van der Waals surface area contributed by atoms with Crippen molar-refractivity contribution < 1.29 is 0 Å². The number of fused-ring (bicyclic) bond motifs is 1. The number of rotatable bonds is 2. The van der Waals surface area contributed by atoms with Crippen molar-refractivity contribution in [2.45, 2.75) is 32.7 Å². The Morgan fingerprint density at radius 2 is 1.94 bits per heavy atom. The minimum absolute atomic E-state index is 0.661. The molecule has 1 aromatic heterocycles. The molecule has 1 aromatic carbocycles. The summed E-state index contributed by atoms with van der Waals surface area (Å²) in [6.07, 6.45) is 3.62. The van der Waals surface area contributed by atoms with Crippen LogP contribution in [0.25, 0.3) is 0 Å². The first-order valence-electron chi connectivity index (χ1n) is 6.61. The summed E-state index contributed by atoms with van der Waals surface area (Å²) in [6, 6.07) is 12.2. The maximum Gasteiger partial charge on any atom is 0.0702 e. The predicted molar refractivity (Wildman–Crippen MR) is 74.5 cm³/mol. The molecule has 0 spiro atoms. The van der Waals surface area contributed by atoms with E-state index < -0.39 is 0 Å². The van der Waals surface area contributed by atoms with Crippen molar-refractivity contribution in [3.63, 3.8) is 0 Å². The van der Waals surface area contributed by atoms with Gasteiger partial charge in [0, 0.05) is 29.1 Å². The highest BCUT2D eigenvalue weighted by Gasteiger charge is 2.19. The van der Waals surface area contributed by atoms with E-state index in [0.29, 0.717) is 5.71 Å². The van der Waals surface area contributed by atoms with Crippen LogP contribution in [0.1, 0.15) is 35.4 Å². The molecule has 1 N–H and O–H groups in total. The van der Waals surface area contributed by atoms with Gasteiger partial charge in [-0.3, -0.25) is 5.41 Å². The van der Waals surface area contributed by atoms with Gasteiger partial charge in [0.05, 0.1) is 5.71 Å². The summed E-state index contributed by atoms with van der Waals surface area (Å²) in [5, 5.41) is 8.41. The maximum absolute atomic E-state index is 8.41. The quantitative estimate of drug-likeness (QED) is 0.775. The number of nitrogens with zero attached hydrogens (tertiary/aromatic N) is 1. The van der Waals surface area contributed by atoms with Crippen LogP contribution >= 0.6 is 0 Å². The SMILES string of the molecule is Cc1cc(C(=N)c2ccccc2)c2n1CCCC2. The van der Waals surface area contributed by atoms with E-state index in [0.717, 1.165) is 24.1 Å². The Balaban J connectivity index is 2.05. The summed E-state index contributed by atoms with van der Waals surface area (Å²) in [7, 11) is 0. The zero-order chi connectivity index (χ0) is 12.5. The van der Waals surface area contributed by atoms with Crippen LogP contribution in [0, 0.1) is 12.3 Å². The molecular weight excluding hydrogens is 220 g/mol.